The van der Waals surface area contributed by atoms with Gasteiger partial charge in [-0.15, -0.1) is 0 Å². The fourth-order valence-electron chi connectivity index (χ4n) is 1.26. The van der Waals surface area contributed by atoms with Gasteiger partial charge in [-0.1, -0.05) is 11.8 Å². The number of aliphatic hydroxyl groups is 1. The Morgan fingerprint density at radius 2 is 2.22 bits per heavy atom. The third-order valence-corrected chi connectivity index (χ3v) is 2.09. The van der Waals surface area contributed by atoms with Crippen molar-refractivity contribution in [3.63, 3.8) is 0 Å². The number of ether oxygens (including phenoxy) is 2. The Labute approximate surface area is 106 Å². The SMILES string of the molecule is COC(=O)Nc1cc(C#CCCO)ccc1OC. The summed E-state index contributed by atoms with van der Waals surface area (Å²) in [6.07, 6.45) is -0.167. The Hall–Kier alpha value is -2.19. The van der Waals surface area contributed by atoms with E-state index in [1.165, 1.54) is 14.2 Å². The number of aliphatic hydroxyl groups excluding tert-OH is 1. The molecule has 0 aromatic heterocycles. The first-order valence-corrected chi connectivity index (χ1v) is 5.34. The van der Waals surface area contributed by atoms with Crippen LogP contribution in [0.3, 0.4) is 0 Å². The number of carbonyl (C=O) groups excluding carboxylic acids is 1. The van der Waals surface area contributed by atoms with E-state index in [1.54, 1.807) is 18.2 Å². The van der Waals surface area contributed by atoms with E-state index < -0.39 is 6.09 Å². The molecule has 1 amide bonds. The molecule has 0 aliphatic carbocycles. The number of carbonyl (C=O) groups is 1. The first-order chi connectivity index (χ1) is 8.71. The summed E-state index contributed by atoms with van der Waals surface area (Å²) in [5.41, 5.74) is 1.20. The second kappa shape index (κ2) is 7.20. The van der Waals surface area contributed by atoms with Crippen molar-refractivity contribution in [1.82, 2.24) is 0 Å². The average Bonchev–Trinajstić information content (AvgIpc) is 2.39. The summed E-state index contributed by atoms with van der Waals surface area (Å²) < 4.78 is 9.63. The van der Waals surface area contributed by atoms with Crippen molar-refractivity contribution >= 4 is 11.8 Å². The van der Waals surface area contributed by atoms with E-state index >= 15 is 0 Å². The molecule has 96 valence electrons. The number of anilines is 1. The van der Waals surface area contributed by atoms with Crippen LogP contribution in [0, 0.1) is 11.8 Å². The van der Waals surface area contributed by atoms with E-state index in [0.29, 0.717) is 17.9 Å². The first-order valence-electron chi connectivity index (χ1n) is 5.34. The van der Waals surface area contributed by atoms with Crippen molar-refractivity contribution in [3.8, 4) is 17.6 Å². The Bertz CT molecular complexity index is 474. The van der Waals surface area contributed by atoms with Gasteiger partial charge >= 0.3 is 6.09 Å². The monoisotopic (exact) mass is 249 g/mol. The third-order valence-electron chi connectivity index (χ3n) is 2.09. The summed E-state index contributed by atoms with van der Waals surface area (Å²) in [4.78, 5) is 11.2. The predicted octanol–water partition coefficient (Wildman–Crippen LogP) is 1.61. The lowest BCUT2D eigenvalue weighted by atomic mass is 10.2. The largest absolute Gasteiger partial charge is 0.495 e. The van der Waals surface area contributed by atoms with Gasteiger partial charge in [-0.2, -0.15) is 0 Å². The molecule has 0 atom stereocenters. The van der Waals surface area contributed by atoms with Gasteiger partial charge in [-0.05, 0) is 18.2 Å². The minimum absolute atomic E-state index is 0.0242. The van der Waals surface area contributed by atoms with Crippen molar-refractivity contribution in [3.05, 3.63) is 23.8 Å². The van der Waals surface area contributed by atoms with Crippen LogP contribution in [0.25, 0.3) is 0 Å². The van der Waals surface area contributed by atoms with Crippen molar-refractivity contribution in [2.75, 3.05) is 26.1 Å². The summed E-state index contributed by atoms with van der Waals surface area (Å²) in [5.74, 6) is 6.19. The average molecular weight is 249 g/mol. The molecule has 0 heterocycles. The van der Waals surface area contributed by atoms with Gasteiger partial charge < -0.3 is 14.6 Å². The van der Waals surface area contributed by atoms with Gasteiger partial charge in [0.05, 0.1) is 26.5 Å². The smallest absolute Gasteiger partial charge is 0.411 e. The molecule has 5 nitrogen and oxygen atoms in total. The number of methoxy groups -OCH3 is 2. The van der Waals surface area contributed by atoms with Crippen LogP contribution in [0.1, 0.15) is 12.0 Å². The van der Waals surface area contributed by atoms with Crippen LogP contribution in [-0.4, -0.2) is 32.0 Å². The van der Waals surface area contributed by atoms with Gasteiger partial charge in [0.15, 0.2) is 0 Å². The minimum atomic E-state index is -0.575. The number of amides is 1. The van der Waals surface area contributed by atoms with Crippen LogP contribution in [0.4, 0.5) is 10.5 Å². The lowest BCUT2D eigenvalue weighted by molar-refractivity contribution is 0.187. The van der Waals surface area contributed by atoms with Crippen molar-refractivity contribution < 1.29 is 19.4 Å². The molecule has 0 unspecified atom stereocenters. The second-order valence-electron chi connectivity index (χ2n) is 3.31. The van der Waals surface area contributed by atoms with E-state index in [1.807, 2.05) is 0 Å². The van der Waals surface area contributed by atoms with Crippen LogP contribution in [0.15, 0.2) is 18.2 Å². The molecular formula is C13H15NO4. The van der Waals surface area contributed by atoms with E-state index in [2.05, 4.69) is 21.9 Å². The zero-order valence-electron chi connectivity index (χ0n) is 10.3. The van der Waals surface area contributed by atoms with Crippen molar-refractivity contribution in [1.29, 1.82) is 0 Å². The van der Waals surface area contributed by atoms with Crippen molar-refractivity contribution in [2.24, 2.45) is 0 Å². The first kappa shape index (κ1) is 13.9. The molecule has 0 saturated carbocycles. The highest BCUT2D eigenvalue weighted by atomic mass is 16.5. The van der Waals surface area contributed by atoms with Crippen LogP contribution < -0.4 is 10.1 Å². The highest BCUT2D eigenvalue weighted by molar-refractivity contribution is 5.87. The van der Waals surface area contributed by atoms with Gasteiger partial charge in [0.25, 0.3) is 0 Å². The highest BCUT2D eigenvalue weighted by Gasteiger charge is 2.07. The van der Waals surface area contributed by atoms with Crippen molar-refractivity contribution in [2.45, 2.75) is 6.42 Å². The van der Waals surface area contributed by atoms with E-state index in [0.717, 1.165) is 5.56 Å². The van der Waals surface area contributed by atoms with Gasteiger partial charge in [-0.25, -0.2) is 4.79 Å². The standard InChI is InChI=1S/C13H15NO4/c1-17-12-7-6-10(5-3-4-8-15)9-11(12)14-13(16)18-2/h6-7,9,15H,4,8H2,1-2H3,(H,14,16). The second-order valence-corrected chi connectivity index (χ2v) is 3.31. The normalized spacial score (nSPS) is 9.06. The molecule has 18 heavy (non-hydrogen) atoms. The lowest BCUT2D eigenvalue weighted by Gasteiger charge is -2.09. The summed E-state index contributed by atoms with van der Waals surface area (Å²) in [6.45, 7) is 0.0242. The number of nitrogens with one attached hydrogen (secondary N) is 1. The maximum absolute atomic E-state index is 11.2. The van der Waals surface area contributed by atoms with Crippen LogP contribution in [-0.2, 0) is 4.74 Å². The molecule has 0 aliphatic rings. The number of benzene rings is 1. The minimum Gasteiger partial charge on any atom is -0.495 e. The molecule has 0 radical (unpaired) electrons. The maximum atomic E-state index is 11.2. The van der Waals surface area contributed by atoms with Gasteiger partial charge in [-0.3, -0.25) is 5.32 Å². The molecular weight excluding hydrogens is 234 g/mol. The van der Waals surface area contributed by atoms with E-state index in [-0.39, 0.29) is 6.61 Å². The number of rotatable bonds is 3. The third kappa shape index (κ3) is 4.00. The molecule has 5 heteroatoms. The Morgan fingerprint density at radius 1 is 1.44 bits per heavy atom. The fourth-order valence-corrected chi connectivity index (χ4v) is 1.26. The Kier molecular flexibility index (Phi) is 5.55. The summed E-state index contributed by atoms with van der Waals surface area (Å²) >= 11 is 0. The molecule has 1 rings (SSSR count). The topological polar surface area (TPSA) is 67.8 Å². The molecule has 0 saturated heterocycles. The van der Waals surface area contributed by atoms with Crippen LogP contribution in [0.5, 0.6) is 5.75 Å². The molecule has 1 aromatic carbocycles. The summed E-state index contributed by atoms with van der Waals surface area (Å²) in [6, 6.07) is 5.15. The van der Waals surface area contributed by atoms with Crippen LogP contribution >= 0.6 is 0 Å². The summed E-state index contributed by atoms with van der Waals surface area (Å²) in [7, 11) is 2.79. The molecule has 2 N–H and O–H groups in total. The predicted molar refractivity (Wildman–Crippen MR) is 67.6 cm³/mol. The van der Waals surface area contributed by atoms with E-state index in [9.17, 15) is 4.79 Å². The number of hydrogen-bond donors (Lipinski definition) is 2. The fraction of sp³-hybridized carbons (Fsp3) is 0.308. The highest BCUT2D eigenvalue weighted by Crippen LogP contribution is 2.25. The Morgan fingerprint density at radius 3 is 2.83 bits per heavy atom. The molecule has 0 aliphatic heterocycles. The quantitative estimate of drug-likeness (QED) is 0.798. The van der Waals surface area contributed by atoms with Crippen LogP contribution in [0.2, 0.25) is 0 Å². The van der Waals surface area contributed by atoms with E-state index in [4.69, 9.17) is 9.84 Å². The van der Waals surface area contributed by atoms with Gasteiger partial charge in [0.2, 0.25) is 0 Å². The summed E-state index contributed by atoms with van der Waals surface area (Å²) in [5, 5.41) is 11.2. The lowest BCUT2D eigenvalue weighted by Crippen LogP contribution is -2.11. The Balaban J connectivity index is 2.95. The molecule has 0 bridgehead atoms. The van der Waals surface area contributed by atoms with Gasteiger partial charge in [0, 0.05) is 12.0 Å². The maximum Gasteiger partial charge on any atom is 0.411 e. The molecule has 1 aromatic rings. The van der Waals surface area contributed by atoms with Gasteiger partial charge in [0.1, 0.15) is 5.75 Å². The zero-order chi connectivity index (χ0) is 13.4. The zero-order valence-corrected chi connectivity index (χ0v) is 10.3. The molecule has 0 fully saturated rings. The number of hydrogen-bond acceptors (Lipinski definition) is 4. The molecule has 0 spiro atoms.